The summed E-state index contributed by atoms with van der Waals surface area (Å²) in [4.78, 5) is 10.7. The summed E-state index contributed by atoms with van der Waals surface area (Å²) in [5.74, 6) is 2.20. The van der Waals surface area contributed by atoms with E-state index in [0.717, 1.165) is 17.4 Å². The minimum absolute atomic E-state index is 0.371. The first-order valence-corrected chi connectivity index (χ1v) is 6.40. The van der Waals surface area contributed by atoms with Crippen molar-refractivity contribution in [3.63, 3.8) is 0 Å². The van der Waals surface area contributed by atoms with Crippen LogP contribution in [0.5, 0.6) is 0 Å². The van der Waals surface area contributed by atoms with Gasteiger partial charge in [-0.05, 0) is 38.5 Å². The van der Waals surface area contributed by atoms with Gasteiger partial charge in [0.15, 0.2) is 0 Å². The molecule has 4 heteroatoms. The molecule has 0 spiro atoms. The van der Waals surface area contributed by atoms with Crippen LogP contribution in [0.15, 0.2) is 6.07 Å². The number of aryl methyl sites for hydroxylation is 1. The molecule has 0 aliphatic heterocycles. The van der Waals surface area contributed by atoms with Crippen LogP contribution < -0.4 is 10.6 Å². The third-order valence-electron chi connectivity index (χ3n) is 3.75. The van der Waals surface area contributed by atoms with Crippen LogP contribution in [0, 0.1) is 12.8 Å². The molecule has 1 aromatic rings. The van der Waals surface area contributed by atoms with Crippen molar-refractivity contribution in [2.24, 2.45) is 5.92 Å². The number of nitrogens with two attached hydrogens (primary N) is 1. The highest BCUT2D eigenvalue weighted by molar-refractivity contribution is 5.43. The van der Waals surface area contributed by atoms with Gasteiger partial charge in [-0.25, -0.2) is 4.98 Å². The van der Waals surface area contributed by atoms with Crippen molar-refractivity contribution in [1.82, 2.24) is 9.97 Å². The Morgan fingerprint density at radius 2 is 1.88 bits per heavy atom. The molecule has 0 unspecified atom stereocenters. The number of hydrogen-bond donors (Lipinski definition) is 1. The second kappa shape index (κ2) is 4.90. The van der Waals surface area contributed by atoms with Crippen LogP contribution in [0.25, 0.3) is 0 Å². The zero-order chi connectivity index (χ0) is 12.4. The monoisotopic (exact) mass is 234 g/mol. The standard InChI is InChI=1S/C13H22N4/c1-9-4-6-11(7-5-9)17(3)12-8-10(2)15-13(14)16-12/h8-9,11H,4-7H2,1-3H3,(H2,14,15,16). The molecule has 0 saturated heterocycles. The average molecular weight is 234 g/mol. The third-order valence-corrected chi connectivity index (χ3v) is 3.75. The molecule has 0 radical (unpaired) electrons. The van der Waals surface area contributed by atoms with Gasteiger partial charge in [-0.2, -0.15) is 4.98 Å². The van der Waals surface area contributed by atoms with Crippen molar-refractivity contribution in [3.8, 4) is 0 Å². The Balaban J connectivity index is 2.10. The molecule has 1 aliphatic carbocycles. The Kier molecular flexibility index (Phi) is 3.50. The zero-order valence-corrected chi connectivity index (χ0v) is 11.0. The van der Waals surface area contributed by atoms with Crippen molar-refractivity contribution < 1.29 is 0 Å². The molecule has 0 bridgehead atoms. The summed E-state index contributed by atoms with van der Waals surface area (Å²) in [6.07, 6.45) is 5.13. The van der Waals surface area contributed by atoms with Crippen molar-refractivity contribution in [1.29, 1.82) is 0 Å². The van der Waals surface area contributed by atoms with Gasteiger partial charge >= 0.3 is 0 Å². The van der Waals surface area contributed by atoms with Crippen molar-refractivity contribution >= 4 is 11.8 Å². The summed E-state index contributed by atoms with van der Waals surface area (Å²) in [5, 5.41) is 0. The number of nitrogens with zero attached hydrogens (tertiary/aromatic N) is 3. The molecule has 1 saturated carbocycles. The second-order valence-corrected chi connectivity index (χ2v) is 5.25. The number of hydrogen-bond acceptors (Lipinski definition) is 4. The van der Waals surface area contributed by atoms with Crippen molar-refractivity contribution in [2.45, 2.75) is 45.6 Å². The molecule has 0 atom stereocenters. The fourth-order valence-corrected chi connectivity index (χ4v) is 2.57. The Labute approximate surface area is 103 Å². The van der Waals surface area contributed by atoms with Crippen molar-refractivity contribution in [3.05, 3.63) is 11.8 Å². The normalized spacial score (nSPS) is 24.6. The lowest BCUT2D eigenvalue weighted by Crippen LogP contribution is -2.35. The van der Waals surface area contributed by atoms with E-state index in [1.54, 1.807) is 0 Å². The largest absolute Gasteiger partial charge is 0.368 e. The molecule has 1 aromatic heterocycles. The molecule has 94 valence electrons. The summed E-state index contributed by atoms with van der Waals surface area (Å²) in [6.45, 7) is 4.29. The van der Waals surface area contributed by atoms with Crippen LogP contribution in [0.2, 0.25) is 0 Å². The summed E-state index contributed by atoms with van der Waals surface area (Å²) < 4.78 is 0. The number of rotatable bonds is 2. The molecule has 0 aromatic carbocycles. The van der Waals surface area contributed by atoms with Gasteiger partial charge in [0.05, 0.1) is 0 Å². The number of anilines is 2. The van der Waals surface area contributed by atoms with Crippen LogP contribution in [-0.4, -0.2) is 23.1 Å². The van der Waals surface area contributed by atoms with Gasteiger partial charge in [0.1, 0.15) is 5.82 Å². The molecule has 1 aliphatic rings. The van der Waals surface area contributed by atoms with Gasteiger partial charge in [-0.1, -0.05) is 6.92 Å². The number of nitrogen functional groups attached to an aromatic ring is 1. The highest BCUT2D eigenvalue weighted by Gasteiger charge is 2.22. The van der Waals surface area contributed by atoms with E-state index >= 15 is 0 Å². The van der Waals surface area contributed by atoms with E-state index in [9.17, 15) is 0 Å². The molecular formula is C13H22N4. The summed E-state index contributed by atoms with van der Waals surface area (Å²) in [5.41, 5.74) is 6.63. The lowest BCUT2D eigenvalue weighted by Gasteiger charge is -2.34. The fraction of sp³-hybridized carbons (Fsp3) is 0.692. The molecule has 0 amide bonds. The molecule has 17 heavy (non-hydrogen) atoms. The molecule has 1 fully saturated rings. The summed E-state index contributed by atoms with van der Waals surface area (Å²) >= 11 is 0. The van der Waals surface area contributed by atoms with E-state index in [1.165, 1.54) is 25.7 Å². The van der Waals surface area contributed by atoms with Gasteiger partial charge in [0.25, 0.3) is 0 Å². The maximum atomic E-state index is 5.70. The van der Waals surface area contributed by atoms with Crippen LogP contribution in [-0.2, 0) is 0 Å². The van der Waals surface area contributed by atoms with E-state index in [0.29, 0.717) is 12.0 Å². The molecule has 4 nitrogen and oxygen atoms in total. The summed E-state index contributed by atoms with van der Waals surface area (Å²) in [6, 6.07) is 2.61. The lowest BCUT2D eigenvalue weighted by atomic mass is 9.87. The Bertz CT molecular complexity index is 363. The average Bonchev–Trinajstić information content (AvgIpc) is 2.28. The first-order valence-electron chi connectivity index (χ1n) is 6.40. The fourth-order valence-electron chi connectivity index (χ4n) is 2.57. The Morgan fingerprint density at radius 1 is 1.24 bits per heavy atom. The lowest BCUT2D eigenvalue weighted by molar-refractivity contribution is 0.340. The SMILES string of the molecule is Cc1cc(N(C)C2CCC(C)CC2)nc(N)n1. The molecular weight excluding hydrogens is 212 g/mol. The highest BCUT2D eigenvalue weighted by atomic mass is 15.2. The first-order chi connectivity index (χ1) is 8.06. The van der Waals surface area contributed by atoms with E-state index in [-0.39, 0.29) is 0 Å². The minimum Gasteiger partial charge on any atom is -0.368 e. The third kappa shape index (κ3) is 2.87. The topological polar surface area (TPSA) is 55.0 Å². The number of aromatic nitrogens is 2. The van der Waals surface area contributed by atoms with Gasteiger partial charge in [0, 0.05) is 24.8 Å². The van der Waals surface area contributed by atoms with Crippen LogP contribution >= 0.6 is 0 Å². The second-order valence-electron chi connectivity index (χ2n) is 5.25. The Hall–Kier alpha value is -1.32. The molecule has 2 N–H and O–H groups in total. The minimum atomic E-state index is 0.371. The van der Waals surface area contributed by atoms with E-state index < -0.39 is 0 Å². The summed E-state index contributed by atoms with van der Waals surface area (Å²) in [7, 11) is 2.11. The van der Waals surface area contributed by atoms with E-state index in [2.05, 4.69) is 28.8 Å². The van der Waals surface area contributed by atoms with E-state index in [1.807, 2.05) is 13.0 Å². The first kappa shape index (κ1) is 12.1. The maximum Gasteiger partial charge on any atom is 0.222 e. The van der Waals surface area contributed by atoms with Crippen molar-refractivity contribution in [2.75, 3.05) is 17.7 Å². The zero-order valence-electron chi connectivity index (χ0n) is 11.0. The van der Waals surface area contributed by atoms with Gasteiger partial charge in [-0.15, -0.1) is 0 Å². The predicted molar refractivity (Wildman–Crippen MR) is 71.0 cm³/mol. The molecule has 2 rings (SSSR count). The highest BCUT2D eigenvalue weighted by Crippen LogP contribution is 2.28. The quantitative estimate of drug-likeness (QED) is 0.853. The Morgan fingerprint density at radius 3 is 2.47 bits per heavy atom. The predicted octanol–water partition coefficient (Wildman–Crippen LogP) is 2.38. The smallest absolute Gasteiger partial charge is 0.222 e. The van der Waals surface area contributed by atoms with Crippen LogP contribution in [0.4, 0.5) is 11.8 Å². The van der Waals surface area contributed by atoms with Gasteiger partial charge < -0.3 is 10.6 Å². The van der Waals surface area contributed by atoms with E-state index in [4.69, 9.17) is 5.73 Å². The van der Waals surface area contributed by atoms with Crippen LogP contribution in [0.1, 0.15) is 38.3 Å². The van der Waals surface area contributed by atoms with Gasteiger partial charge in [0.2, 0.25) is 5.95 Å². The van der Waals surface area contributed by atoms with Crippen LogP contribution in [0.3, 0.4) is 0 Å². The van der Waals surface area contributed by atoms with Gasteiger partial charge in [-0.3, -0.25) is 0 Å². The molecule has 1 heterocycles. The maximum absolute atomic E-state index is 5.70.